The largest absolute Gasteiger partial charge is 0.312 e. The predicted molar refractivity (Wildman–Crippen MR) is 82.0 cm³/mol. The van der Waals surface area contributed by atoms with Crippen LogP contribution in [0.3, 0.4) is 0 Å². The van der Waals surface area contributed by atoms with Crippen LogP contribution < -0.4 is 5.32 Å². The SMILES string of the molecule is CCCNCc1cnc(-c2ccc(C)cc2Br)s1. The van der Waals surface area contributed by atoms with Crippen LogP contribution in [-0.4, -0.2) is 11.5 Å². The summed E-state index contributed by atoms with van der Waals surface area (Å²) in [6.07, 6.45) is 3.13. The number of hydrogen-bond acceptors (Lipinski definition) is 3. The van der Waals surface area contributed by atoms with Crippen molar-refractivity contribution in [1.82, 2.24) is 10.3 Å². The lowest BCUT2D eigenvalue weighted by atomic mass is 10.2. The Hall–Kier alpha value is -0.710. The number of nitrogens with one attached hydrogen (secondary N) is 1. The van der Waals surface area contributed by atoms with Crippen LogP contribution in [0.25, 0.3) is 10.6 Å². The molecule has 1 N–H and O–H groups in total. The lowest BCUT2D eigenvalue weighted by Gasteiger charge is -2.01. The molecule has 0 bridgehead atoms. The number of hydrogen-bond donors (Lipinski definition) is 1. The first-order valence-corrected chi connectivity index (χ1v) is 7.73. The van der Waals surface area contributed by atoms with Gasteiger partial charge in [0.25, 0.3) is 0 Å². The smallest absolute Gasteiger partial charge is 0.124 e. The van der Waals surface area contributed by atoms with E-state index in [0.717, 1.165) is 29.0 Å². The Morgan fingerprint density at radius 1 is 1.39 bits per heavy atom. The molecule has 0 saturated carbocycles. The number of thiazole rings is 1. The zero-order valence-corrected chi connectivity index (χ0v) is 13.1. The summed E-state index contributed by atoms with van der Waals surface area (Å²) in [5.41, 5.74) is 2.43. The van der Waals surface area contributed by atoms with Gasteiger partial charge < -0.3 is 5.32 Å². The first-order valence-electron chi connectivity index (χ1n) is 6.12. The molecule has 1 aromatic heterocycles. The quantitative estimate of drug-likeness (QED) is 0.825. The van der Waals surface area contributed by atoms with Gasteiger partial charge in [0.2, 0.25) is 0 Å². The molecule has 2 aromatic rings. The number of halogens is 1. The molecule has 0 aliphatic heterocycles. The molecule has 0 spiro atoms. The molecule has 0 aliphatic rings. The minimum Gasteiger partial charge on any atom is -0.312 e. The lowest BCUT2D eigenvalue weighted by molar-refractivity contribution is 0.681. The molecule has 4 heteroatoms. The van der Waals surface area contributed by atoms with Crippen LogP contribution in [-0.2, 0) is 6.54 Å². The lowest BCUT2D eigenvalue weighted by Crippen LogP contribution is -2.12. The van der Waals surface area contributed by atoms with E-state index in [2.05, 4.69) is 58.3 Å². The molecule has 2 rings (SSSR count). The third-order valence-electron chi connectivity index (χ3n) is 2.63. The van der Waals surface area contributed by atoms with Gasteiger partial charge in [-0.05, 0) is 31.5 Å². The fraction of sp³-hybridized carbons (Fsp3) is 0.357. The van der Waals surface area contributed by atoms with Crippen molar-refractivity contribution in [1.29, 1.82) is 0 Å². The van der Waals surface area contributed by atoms with E-state index >= 15 is 0 Å². The molecule has 96 valence electrons. The maximum Gasteiger partial charge on any atom is 0.124 e. The van der Waals surface area contributed by atoms with Crippen LogP contribution >= 0.6 is 27.3 Å². The second-order valence-corrected chi connectivity index (χ2v) is 6.26. The van der Waals surface area contributed by atoms with Crippen LogP contribution in [0.15, 0.2) is 28.9 Å². The van der Waals surface area contributed by atoms with Gasteiger partial charge in [-0.25, -0.2) is 4.98 Å². The van der Waals surface area contributed by atoms with Gasteiger partial charge in [0.05, 0.1) is 0 Å². The summed E-state index contributed by atoms with van der Waals surface area (Å²) >= 11 is 5.36. The molecule has 0 aliphatic carbocycles. The zero-order chi connectivity index (χ0) is 13.0. The van der Waals surface area contributed by atoms with Crippen LogP contribution in [0.4, 0.5) is 0 Å². The van der Waals surface area contributed by atoms with Crippen molar-refractivity contribution >= 4 is 27.3 Å². The first kappa shape index (κ1) is 13.7. The molecule has 1 aromatic carbocycles. The average molecular weight is 325 g/mol. The summed E-state index contributed by atoms with van der Waals surface area (Å²) in [7, 11) is 0. The highest BCUT2D eigenvalue weighted by molar-refractivity contribution is 9.10. The van der Waals surface area contributed by atoms with E-state index in [1.165, 1.54) is 16.0 Å². The maximum absolute atomic E-state index is 4.50. The van der Waals surface area contributed by atoms with Crippen LogP contribution in [0.5, 0.6) is 0 Å². The van der Waals surface area contributed by atoms with E-state index in [0.29, 0.717) is 0 Å². The number of aryl methyl sites for hydroxylation is 1. The molecular weight excluding hydrogens is 308 g/mol. The van der Waals surface area contributed by atoms with Crippen molar-refractivity contribution in [2.75, 3.05) is 6.54 Å². The fourth-order valence-corrected chi connectivity index (χ4v) is 3.43. The predicted octanol–water partition coefficient (Wildman–Crippen LogP) is 4.38. The second kappa shape index (κ2) is 6.45. The summed E-state index contributed by atoms with van der Waals surface area (Å²) < 4.78 is 1.12. The minimum absolute atomic E-state index is 0.912. The summed E-state index contributed by atoms with van der Waals surface area (Å²) in [5.74, 6) is 0. The highest BCUT2D eigenvalue weighted by Gasteiger charge is 2.08. The normalized spacial score (nSPS) is 10.8. The Bertz CT molecular complexity index is 522. The summed E-state index contributed by atoms with van der Waals surface area (Å²) in [6, 6.07) is 6.38. The minimum atomic E-state index is 0.912. The molecule has 1 heterocycles. The van der Waals surface area contributed by atoms with Crippen LogP contribution in [0, 0.1) is 6.92 Å². The number of nitrogens with zero attached hydrogens (tertiary/aromatic N) is 1. The van der Waals surface area contributed by atoms with Gasteiger partial charge in [-0.15, -0.1) is 11.3 Å². The molecule has 0 saturated heterocycles. The molecule has 0 fully saturated rings. The van der Waals surface area contributed by atoms with E-state index in [9.17, 15) is 0 Å². The molecule has 0 radical (unpaired) electrons. The Kier molecular flexibility index (Phi) is 4.92. The summed E-state index contributed by atoms with van der Waals surface area (Å²) in [4.78, 5) is 5.79. The standard InChI is InChI=1S/C14H17BrN2S/c1-3-6-16-8-11-9-17-14(18-11)12-5-4-10(2)7-13(12)15/h4-5,7,9,16H,3,6,8H2,1-2H3. The number of benzene rings is 1. The third-order valence-corrected chi connectivity index (χ3v) is 4.32. The van der Waals surface area contributed by atoms with Gasteiger partial charge >= 0.3 is 0 Å². The maximum atomic E-state index is 4.50. The van der Waals surface area contributed by atoms with Gasteiger partial charge in [0, 0.05) is 27.7 Å². The molecule has 18 heavy (non-hydrogen) atoms. The number of rotatable bonds is 5. The van der Waals surface area contributed by atoms with Crippen molar-refractivity contribution in [2.24, 2.45) is 0 Å². The molecular formula is C14H17BrN2S. The van der Waals surface area contributed by atoms with Crippen LogP contribution in [0.2, 0.25) is 0 Å². The third kappa shape index (κ3) is 3.40. The highest BCUT2D eigenvalue weighted by atomic mass is 79.9. The monoisotopic (exact) mass is 324 g/mol. The van der Waals surface area contributed by atoms with E-state index in [-0.39, 0.29) is 0 Å². The highest BCUT2D eigenvalue weighted by Crippen LogP contribution is 2.32. The van der Waals surface area contributed by atoms with Gasteiger partial charge in [-0.3, -0.25) is 0 Å². The van der Waals surface area contributed by atoms with Crippen molar-refractivity contribution in [3.05, 3.63) is 39.3 Å². The van der Waals surface area contributed by atoms with Gasteiger partial charge in [-0.1, -0.05) is 35.0 Å². The van der Waals surface area contributed by atoms with Gasteiger partial charge in [0.1, 0.15) is 5.01 Å². The zero-order valence-electron chi connectivity index (χ0n) is 10.7. The molecule has 0 atom stereocenters. The molecule has 0 unspecified atom stereocenters. The van der Waals surface area contributed by atoms with Crippen molar-refractivity contribution < 1.29 is 0 Å². The van der Waals surface area contributed by atoms with E-state index in [1.807, 2.05) is 6.20 Å². The van der Waals surface area contributed by atoms with Crippen molar-refractivity contribution in [3.8, 4) is 10.6 Å². The van der Waals surface area contributed by atoms with E-state index < -0.39 is 0 Å². The van der Waals surface area contributed by atoms with Gasteiger partial charge in [0.15, 0.2) is 0 Å². The van der Waals surface area contributed by atoms with Crippen molar-refractivity contribution in [3.63, 3.8) is 0 Å². The Morgan fingerprint density at radius 2 is 2.22 bits per heavy atom. The summed E-state index contributed by atoms with van der Waals surface area (Å²) in [5, 5.41) is 4.48. The molecule has 0 amide bonds. The van der Waals surface area contributed by atoms with E-state index in [4.69, 9.17) is 0 Å². The van der Waals surface area contributed by atoms with Crippen LogP contribution in [0.1, 0.15) is 23.8 Å². The Balaban J connectivity index is 2.13. The topological polar surface area (TPSA) is 24.9 Å². The average Bonchev–Trinajstić information content (AvgIpc) is 2.78. The van der Waals surface area contributed by atoms with Gasteiger partial charge in [-0.2, -0.15) is 0 Å². The Labute approximate surface area is 121 Å². The first-order chi connectivity index (χ1) is 8.70. The van der Waals surface area contributed by atoms with E-state index in [1.54, 1.807) is 11.3 Å². The van der Waals surface area contributed by atoms with Crippen molar-refractivity contribution in [2.45, 2.75) is 26.8 Å². The molecule has 2 nitrogen and oxygen atoms in total. The Morgan fingerprint density at radius 3 is 2.94 bits per heavy atom. The fourth-order valence-electron chi connectivity index (χ4n) is 1.70. The second-order valence-electron chi connectivity index (χ2n) is 4.29. The number of aromatic nitrogens is 1. The summed E-state index contributed by atoms with van der Waals surface area (Å²) in [6.45, 7) is 6.24.